The van der Waals surface area contributed by atoms with Crippen molar-refractivity contribution >= 4 is 21.6 Å². The molecule has 158 valence electrons. The quantitative estimate of drug-likeness (QED) is 0.633. The predicted molar refractivity (Wildman–Crippen MR) is 119 cm³/mol. The number of para-hydroxylation sites is 1. The molecule has 7 nitrogen and oxygen atoms in total. The molecule has 0 radical (unpaired) electrons. The summed E-state index contributed by atoms with van der Waals surface area (Å²) in [5.41, 5.74) is 1.31. The maximum atomic E-state index is 13.5. The summed E-state index contributed by atoms with van der Waals surface area (Å²) in [4.78, 5) is 33.7. The summed E-state index contributed by atoms with van der Waals surface area (Å²) in [5, 5.41) is 0.730. The maximum absolute atomic E-state index is 13.5. The number of fused-ring (bicyclic) bond motifs is 3. The lowest BCUT2D eigenvalue weighted by Crippen LogP contribution is -2.42. The molecule has 0 N–H and O–H groups in total. The zero-order valence-corrected chi connectivity index (χ0v) is 18.0. The number of hydrogen-bond acceptors (Lipinski definition) is 6. The lowest BCUT2D eigenvalue weighted by Gasteiger charge is -2.26. The molecule has 3 aromatic rings. The van der Waals surface area contributed by atoms with E-state index >= 15 is 0 Å². The number of likely N-dealkylation sites (N-methyl/N-ethyl adjacent to an activating group) is 1. The Morgan fingerprint density at radius 1 is 1.03 bits per heavy atom. The van der Waals surface area contributed by atoms with Crippen molar-refractivity contribution in [3.8, 4) is 5.69 Å². The fourth-order valence-corrected chi connectivity index (χ4v) is 5.84. The number of aromatic nitrogens is 2. The van der Waals surface area contributed by atoms with E-state index in [2.05, 4.69) is 16.8 Å². The molecule has 0 amide bonds. The third-order valence-electron chi connectivity index (χ3n) is 6.07. The lowest BCUT2D eigenvalue weighted by atomic mass is 10.1. The van der Waals surface area contributed by atoms with Gasteiger partial charge in [-0.3, -0.25) is 14.3 Å². The van der Waals surface area contributed by atoms with E-state index in [4.69, 9.17) is 4.74 Å². The highest BCUT2D eigenvalue weighted by atomic mass is 32.1. The highest BCUT2D eigenvalue weighted by Crippen LogP contribution is 2.32. The lowest BCUT2D eigenvalue weighted by molar-refractivity contribution is 0.0364. The number of ether oxygens (including phenoxy) is 1. The van der Waals surface area contributed by atoms with Crippen molar-refractivity contribution in [3.05, 3.63) is 61.6 Å². The van der Waals surface area contributed by atoms with Crippen molar-refractivity contribution in [1.82, 2.24) is 18.9 Å². The van der Waals surface area contributed by atoms with Gasteiger partial charge in [-0.2, -0.15) is 0 Å². The van der Waals surface area contributed by atoms with Crippen molar-refractivity contribution in [2.24, 2.45) is 0 Å². The van der Waals surface area contributed by atoms with Gasteiger partial charge in [0.25, 0.3) is 5.56 Å². The molecule has 1 aromatic carbocycles. The van der Waals surface area contributed by atoms with Gasteiger partial charge in [0, 0.05) is 44.1 Å². The third kappa shape index (κ3) is 3.43. The molecule has 5 rings (SSSR count). The van der Waals surface area contributed by atoms with E-state index < -0.39 is 0 Å². The van der Waals surface area contributed by atoms with Gasteiger partial charge >= 0.3 is 5.69 Å². The van der Waals surface area contributed by atoms with E-state index in [9.17, 15) is 9.59 Å². The number of nitrogens with zero attached hydrogens (tertiary/aromatic N) is 4. The van der Waals surface area contributed by atoms with E-state index in [1.807, 2.05) is 34.9 Å². The number of morpholine rings is 1. The van der Waals surface area contributed by atoms with Crippen LogP contribution in [0.2, 0.25) is 0 Å². The summed E-state index contributed by atoms with van der Waals surface area (Å²) in [5.74, 6) is 0. The topological polar surface area (TPSA) is 59.7 Å². The maximum Gasteiger partial charge on any atom is 0.336 e. The van der Waals surface area contributed by atoms with Gasteiger partial charge in [0.15, 0.2) is 0 Å². The van der Waals surface area contributed by atoms with Crippen LogP contribution in [0.25, 0.3) is 15.9 Å². The Labute approximate surface area is 178 Å². The first-order valence-electron chi connectivity index (χ1n) is 10.5. The summed E-state index contributed by atoms with van der Waals surface area (Å²) < 4.78 is 8.62. The zero-order chi connectivity index (χ0) is 20.7. The molecule has 0 bridgehead atoms. The summed E-state index contributed by atoms with van der Waals surface area (Å²) in [6.45, 7) is 6.31. The van der Waals surface area contributed by atoms with Gasteiger partial charge in [-0.15, -0.1) is 11.3 Å². The Morgan fingerprint density at radius 3 is 2.57 bits per heavy atom. The van der Waals surface area contributed by atoms with Crippen LogP contribution in [0.5, 0.6) is 0 Å². The summed E-state index contributed by atoms with van der Waals surface area (Å²) in [6.07, 6.45) is 0.845. The first kappa shape index (κ1) is 19.7. The largest absolute Gasteiger partial charge is 0.379 e. The number of benzene rings is 1. The minimum absolute atomic E-state index is 0.189. The molecule has 0 spiro atoms. The van der Waals surface area contributed by atoms with Crippen LogP contribution in [0.3, 0.4) is 0 Å². The van der Waals surface area contributed by atoms with E-state index in [1.165, 1.54) is 9.44 Å². The first-order chi connectivity index (χ1) is 14.6. The molecule has 4 heterocycles. The molecular weight excluding hydrogens is 400 g/mol. The van der Waals surface area contributed by atoms with Crippen LogP contribution in [0.1, 0.15) is 10.4 Å². The number of thiophene rings is 1. The Balaban J connectivity index is 1.68. The van der Waals surface area contributed by atoms with Gasteiger partial charge in [-0.25, -0.2) is 9.36 Å². The van der Waals surface area contributed by atoms with Crippen molar-refractivity contribution < 1.29 is 4.74 Å². The first-order valence-corrected chi connectivity index (χ1v) is 11.3. The van der Waals surface area contributed by atoms with Crippen LogP contribution >= 0.6 is 11.3 Å². The van der Waals surface area contributed by atoms with Crippen molar-refractivity contribution in [3.63, 3.8) is 0 Å². The summed E-state index contributed by atoms with van der Waals surface area (Å²) in [6, 6.07) is 9.27. The molecule has 1 saturated heterocycles. The molecule has 30 heavy (non-hydrogen) atoms. The fraction of sp³-hybridized carbons (Fsp3) is 0.455. The highest BCUT2D eigenvalue weighted by molar-refractivity contribution is 7.18. The normalized spacial score (nSPS) is 18.0. The fourth-order valence-electron chi connectivity index (χ4n) is 4.40. The molecule has 2 aliphatic heterocycles. The van der Waals surface area contributed by atoms with Gasteiger partial charge in [-0.05, 0) is 31.2 Å². The third-order valence-corrected chi connectivity index (χ3v) is 7.31. The Morgan fingerprint density at radius 2 is 1.80 bits per heavy atom. The Kier molecular flexibility index (Phi) is 5.32. The van der Waals surface area contributed by atoms with E-state index in [1.54, 1.807) is 11.3 Å². The zero-order valence-electron chi connectivity index (χ0n) is 17.2. The average Bonchev–Trinajstić information content (AvgIpc) is 3.13. The van der Waals surface area contributed by atoms with Crippen molar-refractivity contribution in [2.75, 3.05) is 46.4 Å². The van der Waals surface area contributed by atoms with Gasteiger partial charge in [0.05, 0.1) is 24.3 Å². The van der Waals surface area contributed by atoms with Crippen LogP contribution < -0.4 is 11.2 Å². The van der Waals surface area contributed by atoms with Gasteiger partial charge in [0.1, 0.15) is 4.83 Å². The van der Waals surface area contributed by atoms with Gasteiger partial charge in [-0.1, -0.05) is 18.2 Å². The monoisotopic (exact) mass is 426 g/mol. The molecule has 0 atom stereocenters. The second kappa shape index (κ2) is 8.11. The second-order valence-electron chi connectivity index (χ2n) is 8.04. The summed E-state index contributed by atoms with van der Waals surface area (Å²) >= 11 is 1.61. The van der Waals surface area contributed by atoms with Crippen LogP contribution in [-0.4, -0.2) is 65.4 Å². The van der Waals surface area contributed by atoms with Gasteiger partial charge < -0.3 is 9.64 Å². The van der Waals surface area contributed by atoms with Gasteiger partial charge in [0.2, 0.25) is 0 Å². The number of rotatable bonds is 4. The molecule has 0 aliphatic carbocycles. The molecule has 0 saturated carbocycles. The molecule has 1 fully saturated rings. The van der Waals surface area contributed by atoms with Crippen LogP contribution in [0, 0.1) is 0 Å². The standard InChI is InChI=1S/C22H26N4O3S/c1-23-8-7-17-18(15-23)30-21-19(17)20(27)26(16-5-3-2-4-6-16)22(28)25(21)10-9-24-11-13-29-14-12-24/h2-6H,7-15H2,1H3. The van der Waals surface area contributed by atoms with Crippen molar-refractivity contribution in [2.45, 2.75) is 19.5 Å². The Bertz CT molecular complexity index is 1180. The SMILES string of the molecule is CN1CCc2c(sc3c2c(=O)n(-c2ccccc2)c(=O)n3CCN2CCOCC2)C1. The summed E-state index contributed by atoms with van der Waals surface area (Å²) in [7, 11) is 2.10. The molecule has 8 heteroatoms. The highest BCUT2D eigenvalue weighted by Gasteiger charge is 2.25. The number of hydrogen-bond donors (Lipinski definition) is 0. The minimum atomic E-state index is -0.251. The van der Waals surface area contributed by atoms with E-state index in [-0.39, 0.29) is 11.2 Å². The van der Waals surface area contributed by atoms with Crippen LogP contribution in [0.15, 0.2) is 39.9 Å². The molecule has 2 aliphatic rings. The van der Waals surface area contributed by atoms with E-state index in [0.717, 1.165) is 68.1 Å². The predicted octanol–water partition coefficient (Wildman–Crippen LogP) is 1.53. The molecule has 0 unspecified atom stereocenters. The van der Waals surface area contributed by atoms with Crippen LogP contribution in [0.4, 0.5) is 0 Å². The van der Waals surface area contributed by atoms with E-state index in [0.29, 0.717) is 12.2 Å². The van der Waals surface area contributed by atoms with Crippen molar-refractivity contribution in [1.29, 1.82) is 0 Å². The average molecular weight is 427 g/mol. The minimum Gasteiger partial charge on any atom is -0.379 e. The van der Waals surface area contributed by atoms with Crippen LogP contribution in [-0.2, 0) is 24.2 Å². The Hall–Kier alpha value is -2.26. The smallest absolute Gasteiger partial charge is 0.336 e. The molecule has 2 aromatic heterocycles. The molecular formula is C22H26N4O3S. The second-order valence-corrected chi connectivity index (χ2v) is 9.12.